The number of ether oxygens (including phenoxy) is 1. The average Bonchev–Trinajstić information content (AvgIpc) is 2.10. The SMILES string of the molecule is CNC(COC)CSCCC(C)C. The van der Waals surface area contributed by atoms with E-state index in [1.54, 1.807) is 7.11 Å². The second-order valence-corrected chi connectivity index (χ2v) is 4.85. The molecule has 0 rings (SSSR count). The fourth-order valence-corrected chi connectivity index (χ4v) is 2.31. The number of hydrogen-bond donors (Lipinski definition) is 1. The summed E-state index contributed by atoms with van der Waals surface area (Å²) in [6.07, 6.45) is 1.31. The molecule has 0 aliphatic rings. The Hall–Kier alpha value is 0.270. The van der Waals surface area contributed by atoms with E-state index >= 15 is 0 Å². The average molecular weight is 205 g/mol. The lowest BCUT2D eigenvalue weighted by Gasteiger charge is -2.14. The molecular weight excluding hydrogens is 182 g/mol. The van der Waals surface area contributed by atoms with Crippen molar-refractivity contribution in [3.8, 4) is 0 Å². The van der Waals surface area contributed by atoms with Crippen molar-refractivity contribution in [1.82, 2.24) is 5.32 Å². The van der Waals surface area contributed by atoms with E-state index in [0.29, 0.717) is 6.04 Å². The second-order valence-electron chi connectivity index (χ2n) is 3.70. The minimum Gasteiger partial charge on any atom is -0.383 e. The maximum atomic E-state index is 5.10. The summed E-state index contributed by atoms with van der Waals surface area (Å²) in [6.45, 7) is 5.35. The number of likely N-dealkylation sites (N-methyl/N-ethyl adjacent to an activating group) is 1. The Balaban J connectivity index is 3.27. The van der Waals surface area contributed by atoms with Crippen LogP contribution in [0.4, 0.5) is 0 Å². The van der Waals surface area contributed by atoms with Gasteiger partial charge >= 0.3 is 0 Å². The molecular formula is C10H23NOS. The van der Waals surface area contributed by atoms with Crippen LogP contribution in [-0.2, 0) is 4.74 Å². The van der Waals surface area contributed by atoms with E-state index in [2.05, 4.69) is 19.2 Å². The zero-order valence-electron chi connectivity index (χ0n) is 9.30. The van der Waals surface area contributed by atoms with Crippen LogP contribution in [-0.4, -0.2) is 38.3 Å². The van der Waals surface area contributed by atoms with Gasteiger partial charge in [0.15, 0.2) is 0 Å². The quantitative estimate of drug-likeness (QED) is 0.612. The van der Waals surface area contributed by atoms with Crippen LogP contribution in [0.2, 0.25) is 0 Å². The van der Waals surface area contributed by atoms with E-state index in [0.717, 1.165) is 18.3 Å². The molecule has 80 valence electrons. The van der Waals surface area contributed by atoms with Crippen molar-refractivity contribution in [2.45, 2.75) is 26.3 Å². The number of hydrogen-bond acceptors (Lipinski definition) is 3. The smallest absolute Gasteiger partial charge is 0.0623 e. The van der Waals surface area contributed by atoms with Gasteiger partial charge in [-0.2, -0.15) is 11.8 Å². The van der Waals surface area contributed by atoms with Crippen molar-refractivity contribution in [3.63, 3.8) is 0 Å². The first-order chi connectivity index (χ1) is 6.20. The fraction of sp³-hybridized carbons (Fsp3) is 1.00. The van der Waals surface area contributed by atoms with Gasteiger partial charge in [-0.15, -0.1) is 0 Å². The van der Waals surface area contributed by atoms with Crippen molar-refractivity contribution < 1.29 is 4.74 Å². The molecule has 0 amide bonds. The first-order valence-electron chi connectivity index (χ1n) is 4.94. The van der Waals surface area contributed by atoms with Crippen LogP contribution in [0.1, 0.15) is 20.3 Å². The normalized spacial score (nSPS) is 13.6. The third-order valence-corrected chi connectivity index (χ3v) is 3.10. The van der Waals surface area contributed by atoms with Crippen molar-refractivity contribution in [2.24, 2.45) is 5.92 Å². The van der Waals surface area contributed by atoms with Crippen LogP contribution < -0.4 is 5.32 Å². The lowest BCUT2D eigenvalue weighted by molar-refractivity contribution is 0.177. The fourth-order valence-electron chi connectivity index (χ4n) is 0.961. The molecule has 0 fully saturated rings. The van der Waals surface area contributed by atoms with Crippen LogP contribution in [0.25, 0.3) is 0 Å². The number of nitrogens with one attached hydrogen (secondary N) is 1. The Morgan fingerprint density at radius 3 is 2.54 bits per heavy atom. The molecule has 13 heavy (non-hydrogen) atoms. The molecule has 0 aromatic rings. The summed E-state index contributed by atoms with van der Waals surface area (Å²) < 4.78 is 5.10. The summed E-state index contributed by atoms with van der Waals surface area (Å²) in [6, 6.07) is 0.502. The van der Waals surface area contributed by atoms with Crippen molar-refractivity contribution in [1.29, 1.82) is 0 Å². The van der Waals surface area contributed by atoms with E-state index in [1.165, 1.54) is 12.2 Å². The standard InChI is InChI=1S/C10H23NOS/c1-9(2)5-6-13-8-10(11-3)7-12-4/h9-11H,5-8H2,1-4H3. The molecule has 0 aliphatic heterocycles. The third-order valence-electron chi connectivity index (χ3n) is 1.93. The summed E-state index contributed by atoms with van der Waals surface area (Å²) in [5.41, 5.74) is 0. The summed E-state index contributed by atoms with van der Waals surface area (Å²) in [4.78, 5) is 0. The summed E-state index contributed by atoms with van der Waals surface area (Å²) in [5.74, 6) is 3.24. The van der Waals surface area contributed by atoms with Crippen LogP contribution >= 0.6 is 11.8 Å². The van der Waals surface area contributed by atoms with Crippen molar-refractivity contribution in [3.05, 3.63) is 0 Å². The van der Waals surface area contributed by atoms with Gasteiger partial charge in [0.05, 0.1) is 6.61 Å². The van der Waals surface area contributed by atoms with Crippen LogP contribution in [0.15, 0.2) is 0 Å². The molecule has 0 saturated heterocycles. The largest absolute Gasteiger partial charge is 0.383 e. The molecule has 0 saturated carbocycles. The van der Waals surface area contributed by atoms with Gasteiger partial charge in [-0.25, -0.2) is 0 Å². The highest BCUT2D eigenvalue weighted by Crippen LogP contribution is 2.09. The van der Waals surface area contributed by atoms with Gasteiger partial charge < -0.3 is 10.1 Å². The molecule has 0 radical (unpaired) electrons. The van der Waals surface area contributed by atoms with Gasteiger partial charge in [-0.1, -0.05) is 13.8 Å². The van der Waals surface area contributed by atoms with Gasteiger partial charge in [0.2, 0.25) is 0 Å². The minimum atomic E-state index is 0.502. The predicted octanol–water partition coefficient (Wildman–Crippen LogP) is 2.00. The van der Waals surface area contributed by atoms with E-state index in [1.807, 2.05) is 18.8 Å². The van der Waals surface area contributed by atoms with Gasteiger partial charge in [0.25, 0.3) is 0 Å². The number of methoxy groups -OCH3 is 1. The molecule has 0 aromatic carbocycles. The Morgan fingerprint density at radius 2 is 2.08 bits per heavy atom. The molecule has 1 unspecified atom stereocenters. The van der Waals surface area contributed by atoms with E-state index in [-0.39, 0.29) is 0 Å². The van der Waals surface area contributed by atoms with E-state index in [4.69, 9.17) is 4.74 Å². The Labute approximate surface area is 86.8 Å². The molecule has 1 atom stereocenters. The summed E-state index contributed by atoms with van der Waals surface area (Å²) in [5, 5.41) is 3.25. The van der Waals surface area contributed by atoms with E-state index in [9.17, 15) is 0 Å². The van der Waals surface area contributed by atoms with Crippen molar-refractivity contribution in [2.75, 3.05) is 32.3 Å². The van der Waals surface area contributed by atoms with Gasteiger partial charge in [-0.3, -0.25) is 0 Å². The second kappa shape index (κ2) is 8.85. The van der Waals surface area contributed by atoms with Crippen LogP contribution in [0.3, 0.4) is 0 Å². The first kappa shape index (κ1) is 13.3. The van der Waals surface area contributed by atoms with Crippen LogP contribution in [0.5, 0.6) is 0 Å². The maximum absolute atomic E-state index is 5.10. The molecule has 0 aromatic heterocycles. The van der Waals surface area contributed by atoms with E-state index < -0.39 is 0 Å². The monoisotopic (exact) mass is 205 g/mol. The highest BCUT2D eigenvalue weighted by atomic mass is 32.2. The maximum Gasteiger partial charge on any atom is 0.0623 e. The van der Waals surface area contributed by atoms with Crippen molar-refractivity contribution >= 4 is 11.8 Å². The Bertz CT molecular complexity index is 109. The topological polar surface area (TPSA) is 21.3 Å². The predicted molar refractivity (Wildman–Crippen MR) is 61.5 cm³/mol. The van der Waals surface area contributed by atoms with Gasteiger partial charge in [0, 0.05) is 18.9 Å². The number of rotatable bonds is 8. The lowest BCUT2D eigenvalue weighted by Crippen LogP contribution is -2.32. The molecule has 0 spiro atoms. The third kappa shape index (κ3) is 8.60. The van der Waals surface area contributed by atoms with Crippen LogP contribution in [0, 0.1) is 5.92 Å². The summed E-state index contributed by atoms with van der Waals surface area (Å²) in [7, 11) is 3.75. The lowest BCUT2D eigenvalue weighted by atomic mass is 10.2. The molecule has 3 heteroatoms. The Kier molecular flexibility index (Phi) is 9.03. The minimum absolute atomic E-state index is 0.502. The zero-order chi connectivity index (χ0) is 10.1. The molecule has 2 nitrogen and oxygen atoms in total. The summed E-state index contributed by atoms with van der Waals surface area (Å²) >= 11 is 2.01. The van der Waals surface area contributed by atoms with Gasteiger partial charge in [0.1, 0.15) is 0 Å². The van der Waals surface area contributed by atoms with Gasteiger partial charge in [-0.05, 0) is 25.1 Å². The Morgan fingerprint density at radius 1 is 1.38 bits per heavy atom. The molecule has 1 N–H and O–H groups in total. The molecule has 0 aliphatic carbocycles. The zero-order valence-corrected chi connectivity index (χ0v) is 10.1. The molecule has 0 bridgehead atoms. The highest BCUT2D eigenvalue weighted by molar-refractivity contribution is 7.99. The first-order valence-corrected chi connectivity index (χ1v) is 6.10. The number of thioether (sulfide) groups is 1. The highest BCUT2D eigenvalue weighted by Gasteiger charge is 2.04. The molecule has 0 heterocycles.